The predicted octanol–water partition coefficient (Wildman–Crippen LogP) is 3.14. The molecule has 1 aromatic carbocycles. The standard InChI is InChI=1S/C15H20N2O2/c1-2-3-4-9-19-14-7-5-12(6-8-14)15-10-13(11-18)16-17-15/h5-8,10,18H,2-4,9,11H2,1H3,(H,16,17). The molecule has 2 aromatic rings. The summed E-state index contributed by atoms with van der Waals surface area (Å²) in [5.74, 6) is 0.887. The number of unbranched alkanes of at least 4 members (excludes halogenated alkanes) is 2. The van der Waals surface area contributed by atoms with Crippen LogP contribution in [-0.2, 0) is 6.61 Å². The first-order valence-corrected chi connectivity index (χ1v) is 6.72. The van der Waals surface area contributed by atoms with Gasteiger partial charge in [-0.3, -0.25) is 5.10 Å². The Morgan fingerprint density at radius 1 is 1.21 bits per heavy atom. The molecule has 0 aliphatic heterocycles. The van der Waals surface area contributed by atoms with Crippen LogP contribution in [0.2, 0.25) is 0 Å². The number of hydrogen-bond acceptors (Lipinski definition) is 3. The Hall–Kier alpha value is -1.81. The van der Waals surface area contributed by atoms with E-state index in [1.165, 1.54) is 12.8 Å². The van der Waals surface area contributed by atoms with Crippen molar-refractivity contribution >= 4 is 0 Å². The number of hydrogen-bond donors (Lipinski definition) is 2. The average Bonchev–Trinajstić information content (AvgIpc) is 2.93. The molecule has 0 spiro atoms. The molecule has 0 unspecified atom stereocenters. The fourth-order valence-electron chi connectivity index (χ4n) is 1.85. The highest BCUT2D eigenvalue weighted by atomic mass is 16.5. The van der Waals surface area contributed by atoms with E-state index >= 15 is 0 Å². The van der Waals surface area contributed by atoms with Gasteiger partial charge in [0.25, 0.3) is 0 Å². The van der Waals surface area contributed by atoms with Crippen molar-refractivity contribution in [3.63, 3.8) is 0 Å². The molecule has 1 aromatic heterocycles. The van der Waals surface area contributed by atoms with E-state index in [9.17, 15) is 0 Å². The van der Waals surface area contributed by atoms with Gasteiger partial charge in [0.1, 0.15) is 5.75 Å². The zero-order valence-electron chi connectivity index (χ0n) is 11.2. The molecule has 0 atom stereocenters. The van der Waals surface area contributed by atoms with Crippen LogP contribution in [0.15, 0.2) is 30.3 Å². The zero-order chi connectivity index (χ0) is 13.5. The van der Waals surface area contributed by atoms with E-state index in [0.717, 1.165) is 35.7 Å². The second-order valence-corrected chi connectivity index (χ2v) is 4.52. The monoisotopic (exact) mass is 260 g/mol. The summed E-state index contributed by atoms with van der Waals surface area (Å²) in [6.45, 7) is 2.93. The zero-order valence-corrected chi connectivity index (χ0v) is 11.2. The van der Waals surface area contributed by atoms with Crippen molar-refractivity contribution in [2.45, 2.75) is 32.8 Å². The molecule has 4 heteroatoms. The SMILES string of the molecule is CCCCCOc1ccc(-c2cc(CO)[nH]n2)cc1. The van der Waals surface area contributed by atoms with Gasteiger partial charge in [-0.2, -0.15) is 5.10 Å². The van der Waals surface area contributed by atoms with Crippen molar-refractivity contribution in [1.29, 1.82) is 0 Å². The van der Waals surface area contributed by atoms with Gasteiger partial charge in [-0.15, -0.1) is 0 Å². The molecule has 0 aliphatic rings. The van der Waals surface area contributed by atoms with E-state index in [4.69, 9.17) is 9.84 Å². The highest BCUT2D eigenvalue weighted by molar-refractivity contribution is 5.60. The molecule has 1 heterocycles. The van der Waals surface area contributed by atoms with Gasteiger partial charge in [-0.25, -0.2) is 0 Å². The van der Waals surface area contributed by atoms with Gasteiger partial charge in [0, 0.05) is 5.56 Å². The molecule has 0 aliphatic carbocycles. The van der Waals surface area contributed by atoms with Crippen LogP contribution in [0, 0.1) is 0 Å². The van der Waals surface area contributed by atoms with Gasteiger partial charge in [-0.05, 0) is 36.8 Å². The number of H-pyrrole nitrogens is 1. The number of benzene rings is 1. The Kier molecular flexibility index (Phi) is 4.98. The second kappa shape index (κ2) is 6.95. The number of nitrogens with zero attached hydrogens (tertiary/aromatic N) is 1. The molecule has 2 rings (SSSR count). The van der Waals surface area contributed by atoms with Crippen molar-refractivity contribution in [3.8, 4) is 17.0 Å². The van der Waals surface area contributed by atoms with Crippen LogP contribution in [0.1, 0.15) is 31.9 Å². The van der Waals surface area contributed by atoms with E-state index in [1.54, 1.807) is 0 Å². The highest BCUT2D eigenvalue weighted by Gasteiger charge is 2.03. The minimum absolute atomic E-state index is 0.0222. The van der Waals surface area contributed by atoms with Gasteiger partial charge >= 0.3 is 0 Å². The van der Waals surface area contributed by atoms with E-state index in [-0.39, 0.29) is 6.61 Å². The highest BCUT2D eigenvalue weighted by Crippen LogP contribution is 2.21. The smallest absolute Gasteiger partial charge is 0.119 e. The minimum Gasteiger partial charge on any atom is -0.494 e. The van der Waals surface area contributed by atoms with Crippen LogP contribution in [0.4, 0.5) is 0 Å². The average molecular weight is 260 g/mol. The second-order valence-electron chi connectivity index (χ2n) is 4.52. The fraction of sp³-hybridized carbons (Fsp3) is 0.400. The summed E-state index contributed by atoms with van der Waals surface area (Å²) in [5, 5.41) is 15.9. The lowest BCUT2D eigenvalue weighted by Gasteiger charge is -2.06. The van der Waals surface area contributed by atoms with Crippen molar-refractivity contribution in [3.05, 3.63) is 36.0 Å². The summed E-state index contributed by atoms with van der Waals surface area (Å²) in [7, 11) is 0. The first-order valence-electron chi connectivity index (χ1n) is 6.72. The van der Waals surface area contributed by atoms with Crippen LogP contribution < -0.4 is 4.74 Å². The van der Waals surface area contributed by atoms with Gasteiger partial charge in [0.15, 0.2) is 0 Å². The summed E-state index contributed by atoms with van der Waals surface area (Å²) in [5.41, 5.74) is 2.56. The molecular weight excluding hydrogens is 240 g/mol. The van der Waals surface area contributed by atoms with Crippen LogP contribution in [0.5, 0.6) is 5.75 Å². The Labute approximate surface area is 113 Å². The van der Waals surface area contributed by atoms with Crippen LogP contribution in [0.25, 0.3) is 11.3 Å². The van der Waals surface area contributed by atoms with Crippen molar-refractivity contribution in [2.24, 2.45) is 0 Å². The summed E-state index contributed by atoms with van der Waals surface area (Å²) < 4.78 is 5.66. The van der Waals surface area contributed by atoms with Gasteiger partial charge in [0.05, 0.1) is 24.6 Å². The topological polar surface area (TPSA) is 58.1 Å². The summed E-state index contributed by atoms with van der Waals surface area (Å²) in [6.07, 6.45) is 3.50. The maximum absolute atomic E-state index is 8.99. The summed E-state index contributed by atoms with van der Waals surface area (Å²) >= 11 is 0. The van der Waals surface area contributed by atoms with Gasteiger partial charge in [0.2, 0.25) is 0 Å². The lowest BCUT2D eigenvalue weighted by Crippen LogP contribution is -1.96. The number of aliphatic hydroxyl groups excluding tert-OH is 1. The third-order valence-corrected chi connectivity index (χ3v) is 2.97. The predicted molar refractivity (Wildman–Crippen MR) is 75.0 cm³/mol. The van der Waals surface area contributed by atoms with Crippen molar-refractivity contribution in [1.82, 2.24) is 10.2 Å². The number of aromatic amines is 1. The third kappa shape index (κ3) is 3.83. The first kappa shape index (κ1) is 13.6. The van der Waals surface area contributed by atoms with Crippen molar-refractivity contribution < 1.29 is 9.84 Å². The van der Waals surface area contributed by atoms with Crippen LogP contribution >= 0.6 is 0 Å². The molecule has 0 saturated heterocycles. The molecule has 102 valence electrons. The molecule has 2 N–H and O–H groups in total. The van der Waals surface area contributed by atoms with E-state index in [1.807, 2.05) is 30.3 Å². The summed E-state index contributed by atoms with van der Waals surface area (Å²) in [4.78, 5) is 0. The number of nitrogens with one attached hydrogen (secondary N) is 1. The molecule has 0 amide bonds. The number of aromatic nitrogens is 2. The first-order chi connectivity index (χ1) is 9.33. The van der Waals surface area contributed by atoms with Crippen LogP contribution in [-0.4, -0.2) is 21.9 Å². The molecular formula is C15H20N2O2. The summed E-state index contributed by atoms with van der Waals surface area (Å²) in [6, 6.07) is 9.71. The molecule has 0 bridgehead atoms. The van der Waals surface area contributed by atoms with Gasteiger partial charge < -0.3 is 9.84 Å². The fourth-order valence-corrected chi connectivity index (χ4v) is 1.85. The Morgan fingerprint density at radius 3 is 2.63 bits per heavy atom. The Balaban J connectivity index is 1.94. The molecule has 4 nitrogen and oxygen atoms in total. The molecule has 0 radical (unpaired) electrons. The number of rotatable bonds is 7. The maximum atomic E-state index is 8.99. The molecule has 19 heavy (non-hydrogen) atoms. The van der Waals surface area contributed by atoms with E-state index in [2.05, 4.69) is 17.1 Å². The maximum Gasteiger partial charge on any atom is 0.119 e. The normalized spacial score (nSPS) is 10.6. The number of ether oxygens (including phenoxy) is 1. The molecule has 0 fully saturated rings. The van der Waals surface area contributed by atoms with E-state index in [0.29, 0.717) is 0 Å². The third-order valence-electron chi connectivity index (χ3n) is 2.97. The quantitative estimate of drug-likeness (QED) is 0.752. The van der Waals surface area contributed by atoms with Gasteiger partial charge in [-0.1, -0.05) is 19.8 Å². The van der Waals surface area contributed by atoms with Crippen molar-refractivity contribution in [2.75, 3.05) is 6.61 Å². The minimum atomic E-state index is -0.0222. The number of aliphatic hydroxyl groups is 1. The van der Waals surface area contributed by atoms with Crippen LogP contribution in [0.3, 0.4) is 0 Å². The van der Waals surface area contributed by atoms with E-state index < -0.39 is 0 Å². The Morgan fingerprint density at radius 2 is 2.00 bits per heavy atom. The largest absolute Gasteiger partial charge is 0.494 e. The Bertz CT molecular complexity index is 491. The lowest BCUT2D eigenvalue weighted by molar-refractivity contribution is 0.276. The molecule has 0 saturated carbocycles. The lowest BCUT2D eigenvalue weighted by atomic mass is 10.1.